The molecule has 1 aliphatic rings. The minimum absolute atomic E-state index is 0.128. The van der Waals surface area contributed by atoms with Gasteiger partial charge in [0.25, 0.3) is 0 Å². The number of rotatable bonds is 4. The SMILES string of the molecule is Cc1ncccc1-c1cnc(NCc2c(F)cc(F)c3c2CCO3)n2cnnc12. The summed E-state index contributed by atoms with van der Waals surface area (Å²) in [5, 5.41) is 11.3. The maximum absolute atomic E-state index is 14.4. The number of nitrogens with zero attached hydrogens (tertiary/aromatic N) is 5. The fraction of sp³-hybridized carbons (Fsp3) is 0.200. The Hall–Kier alpha value is -3.62. The Bertz CT molecular complexity index is 1240. The molecule has 0 unspecified atom stereocenters. The van der Waals surface area contributed by atoms with Gasteiger partial charge in [-0.2, -0.15) is 0 Å². The number of ether oxygens (including phenoxy) is 1. The summed E-state index contributed by atoms with van der Waals surface area (Å²) in [6.07, 6.45) is 5.41. The summed E-state index contributed by atoms with van der Waals surface area (Å²) >= 11 is 0. The van der Waals surface area contributed by atoms with Crippen LogP contribution in [0.15, 0.2) is 36.9 Å². The first-order valence-corrected chi connectivity index (χ1v) is 9.10. The molecule has 3 aromatic heterocycles. The Balaban J connectivity index is 1.51. The van der Waals surface area contributed by atoms with Crippen LogP contribution in [-0.2, 0) is 13.0 Å². The van der Waals surface area contributed by atoms with Crippen LogP contribution in [0.1, 0.15) is 16.8 Å². The molecule has 0 amide bonds. The lowest BCUT2D eigenvalue weighted by Crippen LogP contribution is -2.10. The molecule has 5 rings (SSSR count). The lowest BCUT2D eigenvalue weighted by molar-refractivity contribution is 0.338. The number of nitrogens with one attached hydrogen (secondary N) is 1. The van der Waals surface area contributed by atoms with Crippen LogP contribution < -0.4 is 10.1 Å². The van der Waals surface area contributed by atoms with E-state index in [-0.39, 0.29) is 12.3 Å². The third-order valence-electron chi connectivity index (χ3n) is 5.05. The van der Waals surface area contributed by atoms with Crippen LogP contribution in [0.25, 0.3) is 16.8 Å². The van der Waals surface area contributed by atoms with E-state index in [9.17, 15) is 8.78 Å². The molecule has 0 aliphatic carbocycles. The van der Waals surface area contributed by atoms with Crippen LogP contribution in [0.4, 0.5) is 14.7 Å². The average molecular weight is 394 g/mol. The molecule has 9 heteroatoms. The van der Waals surface area contributed by atoms with Gasteiger partial charge in [0.1, 0.15) is 12.1 Å². The largest absolute Gasteiger partial charge is 0.490 e. The van der Waals surface area contributed by atoms with Gasteiger partial charge in [0, 0.05) is 59.4 Å². The Morgan fingerprint density at radius 2 is 2.10 bits per heavy atom. The predicted octanol–water partition coefficient (Wildman–Crippen LogP) is 3.32. The molecule has 1 aromatic carbocycles. The first kappa shape index (κ1) is 17.5. The molecule has 0 atom stereocenters. The second-order valence-corrected chi connectivity index (χ2v) is 6.73. The fourth-order valence-corrected chi connectivity index (χ4v) is 3.63. The lowest BCUT2D eigenvalue weighted by atomic mass is 10.0. The van der Waals surface area contributed by atoms with Crippen LogP contribution >= 0.6 is 0 Å². The van der Waals surface area contributed by atoms with Gasteiger partial charge in [-0.3, -0.25) is 9.38 Å². The van der Waals surface area contributed by atoms with Gasteiger partial charge >= 0.3 is 0 Å². The molecule has 7 nitrogen and oxygen atoms in total. The van der Waals surface area contributed by atoms with Gasteiger partial charge in [-0.1, -0.05) is 6.07 Å². The highest BCUT2D eigenvalue weighted by Gasteiger charge is 2.24. The van der Waals surface area contributed by atoms with E-state index < -0.39 is 11.6 Å². The molecule has 146 valence electrons. The Labute approximate surface area is 164 Å². The summed E-state index contributed by atoms with van der Waals surface area (Å²) in [7, 11) is 0. The summed E-state index contributed by atoms with van der Waals surface area (Å²) in [6.45, 7) is 2.38. The molecule has 0 saturated heterocycles. The standard InChI is InChI=1S/C20H16F2N6O/c1-11-12(3-2-5-23-11)15-9-25-20(28-10-26-27-19(15)28)24-8-14-13-4-6-29-18(13)17(22)7-16(14)21/h2-3,5,7,9-10H,4,6,8H2,1H3,(H,24,25). The lowest BCUT2D eigenvalue weighted by Gasteiger charge is -2.13. The first-order valence-electron chi connectivity index (χ1n) is 9.10. The van der Waals surface area contributed by atoms with Crippen LogP contribution in [0, 0.1) is 18.6 Å². The average Bonchev–Trinajstić information content (AvgIpc) is 3.38. The van der Waals surface area contributed by atoms with E-state index in [2.05, 4.69) is 25.5 Å². The van der Waals surface area contributed by atoms with E-state index >= 15 is 0 Å². The molecule has 29 heavy (non-hydrogen) atoms. The van der Waals surface area contributed by atoms with Crippen molar-refractivity contribution in [2.24, 2.45) is 0 Å². The van der Waals surface area contributed by atoms with E-state index in [1.807, 2.05) is 19.1 Å². The molecule has 0 bridgehead atoms. The van der Waals surface area contributed by atoms with Crippen molar-refractivity contribution < 1.29 is 13.5 Å². The third kappa shape index (κ3) is 2.86. The third-order valence-corrected chi connectivity index (χ3v) is 5.05. The fourth-order valence-electron chi connectivity index (χ4n) is 3.63. The molecule has 0 fully saturated rings. The topological polar surface area (TPSA) is 77.2 Å². The molecule has 1 N–H and O–H groups in total. The summed E-state index contributed by atoms with van der Waals surface area (Å²) < 4.78 is 35.3. The van der Waals surface area contributed by atoms with Gasteiger partial charge < -0.3 is 10.1 Å². The van der Waals surface area contributed by atoms with Gasteiger partial charge in [0.2, 0.25) is 5.95 Å². The minimum atomic E-state index is -0.672. The number of hydrogen-bond donors (Lipinski definition) is 1. The van der Waals surface area contributed by atoms with Crippen molar-refractivity contribution in [1.29, 1.82) is 0 Å². The van der Waals surface area contributed by atoms with Crippen LogP contribution in [0.3, 0.4) is 0 Å². The monoisotopic (exact) mass is 394 g/mol. The van der Waals surface area contributed by atoms with Crippen molar-refractivity contribution in [1.82, 2.24) is 24.6 Å². The number of halogens is 2. The second-order valence-electron chi connectivity index (χ2n) is 6.73. The summed E-state index contributed by atoms with van der Waals surface area (Å²) in [5.74, 6) is -0.698. The summed E-state index contributed by atoms with van der Waals surface area (Å²) in [5.41, 5.74) is 4.08. The maximum Gasteiger partial charge on any atom is 0.210 e. The van der Waals surface area contributed by atoms with Crippen molar-refractivity contribution in [2.45, 2.75) is 19.9 Å². The van der Waals surface area contributed by atoms with Crippen molar-refractivity contribution in [3.63, 3.8) is 0 Å². The number of benzene rings is 1. The van der Waals surface area contributed by atoms with Crippen molar-refractivity contribution >= 4 is 11.6 Å². The van der Waals surface area contributed by atoms with Crippen molar-refractivity contribution in [3.8, 4) is 16.9 Å². The van der Waals surface area contributed by atoms with Gasteiger partial charge in [0.15, 0.2) is 17.2 Å². The zero-order valence-electron chi connectivity index (χ0n) is 15.5. The highest BCUT2D eigenvalue weighted by atomic mass is 19.1. The molecule has 4 aromatic rings. The highest BCUT2D eigenvalue weighted by Crippen LogP contribution is 2.34. The minimum Gasteiger partial charge on any atom is -0.490 e. The number of pyridine rings is 1. The Morgan fingerprint density at radius 1 is 1.21 bits per heavy atom. The molecular formula is C20H16F2N6O. The Morgan fingerprint density at radius 3 is 2.97 bits per heavy atom. The second kappa shape index (κ2) is 6.77. The smallest absolute Gasteiger partial charge is 0.210 e. The molecule has 0 radical (unpaired) electrons. The van der Waals surface area contributed by atoms with Gasteiger partial charge in [-0.05, 0) is 13.0 Å². The molecular weight excluding hydrogens is 378 g/mol. The summed E-state index contributed by atoms with van der Waals surface area (Å²) in [4.78, 5) is 8.78. The van der Waals surface area contributed by atoms with Gasteiger partial charge in [-0.15, -0.1) is 10.2 Å². The first-order chi connectivity index (χ1) is 14.1. The number of anilines is 1. The van der Waals surface area contributed by atoms with Crippen LogP contribution in [0.2, 0.25) is 0 Å². The zero-order valence-corrected chi connectivity index (χ0v) is 15.5. The van der Waals surface area contributed by atoms with E-state index in [1.165, 1.54) is 6.33 Å². The molecule has 0 spiro atoms. The normalized spacial score (nSPS) is 12.8. The molecule has 1 aliphatic heterocycles. The number of fused-ring (bicyclic) bond motifs is 2. The predicted molar refractivity (Wildman–Crippen MR) is 102 cm³/mol. The highest BCUT2D eigenvalue weighted by molar-refractivity contribution is 5.78. The quantitative estimate of drug-likeness (QED) is 0.572. The van der Waals surface area contributed by atoms with E-state index in [1.54, 1.807) is 16.8 Å². The number of aromatic nitrogens is 5. The van der Waals surface area contributed by atoms with Gasteiger partial charge in [-0.25, -0.2) is 13.8 Å². The summed E-state index contributed by atoms with van der Waals surface area (Å²) in [6, 6.07) is 4.65. The molecule has 4 heterocycles. The van der Waals surface area contributed by atoms with Crippen LogP contribution in [-0.4, -0.2) is 31.2 Å². The molecule has 0 saturated carbocycles. The maximum atomic E-state index is 14.4. The van der Waals surface area contributed by atoms with Crippen LogP contribution in [0.5, 0.6) is 5.75 Å². The zero-order chi connectivity index (χ0) is 20.0. The van der Waals surface area contributed by atoms with E-state index in [4.69, 9.17) is 4.74 Å². The number of hydrogen-bond acceptors (Lipinski definition) is 6. The van der Waals surface area contributed by atoms with E-state index in [0.717, 1.165) is 22.9 Å². The Kier molecular flexibility index (Phi) is 4.08. The van der Waals surface area contributed by atoms with Crippen molar-refractivity contribution in [3.05, 3.63) is 65.4 Å². The van der Waals surface area contributed by atoms with E-state index in [0.29, 0.717) is 35.8 Å². The number of aryl methyl sites for hydroxylation is 1. The van der Waals surface area contributed by atoms with Gasteiger partial charge in [0.05, 0.1) is 6.61 Å². The van der Waals surface area contributed by atoms with Crippen molar-refractivity contribution in [2.75, 3.05) is 11.9 Å².